The van der Waals surface area contributed by atoms with E-state index in [0.29, 0.717) is 5.92 Å². The maximum absolute atomic E-state index is 12.0. The van der Waals surface area contributed by atoms with Crippen LogP contribution in [-0.4, -0.2) is 31.6 Å². The van der Waals surface area contributed by atoms with Crippen LogP contribution in [0.15, 0.2) is 24.3 Å². The number of piperidine rings is 1. The quantitative estimate of drug-likeness (QED) is 0.886. The summed E-state index contributed by atoms with van der Waals surface area (Å²) >= 11 is 0. The molecule has 1 fully saturated rings. The van der Waals surface area contributed by atoms with Gasteiger partial charge in [-0.2, -0.15) is 0 Å². The van der Waals surface area contributed by atoms with Crippen molar-refractivity contribution in [3.05, 3.63) is 29.8 Å². The Labute approximate surface area is 145 Å². The molecule has 0 radical (unpaired) electrons. The molecule has 2 unspecified atom stereocenters. The van der Waals surface area contributed by atoms with Crippen LogP contribution in [0.2, 0.25) is 0 Å². The molecule has 0 aromatic heterocycles. The van der Waals surface area contributed by atoms with Gasteiger partial charge in [-0.1, -0.05) is 39.8 Å². The predicted molar refractivity (Wildman–Crippen MR) is 96.5 cm³/mol. The number of amides is 1. The molecule has 5 heteroatoms. The predicted octanol–water partition coefficient (Wildman–Crippen LogP) is 2.90. The van der Waals surface area contributed by atoms with Crippen LogP contribution >= 0.6 is 12.4 Å². The summed E-state index contributed by atoms with van der Waals surface area (Å²) in [5, 5.41) is 6.40. The summed E-state index contributed by atoms with van der Waals surface area (Å²) in [7, 11) is 0. The topological polar surface area (TPSA) is 50.4 Å². The largest absolute Gasteiger partial charge is 0.484 e. The van der Waals surface area contributed by atoms with E-state index in [1.54, 1.807) is 0 Å². The summed E-state index contributed by atoms with van der Waals surface area (Å²) in [5.41, 5.74) is 1.38. The van der Waals surface area contributed by atoms with Crippen LogP contribution in [0.3, 0.4) is 0 Å². The third kappa shape index (κ3) is 6.04. The van der Waals surface area contributed by atoms with Crippen LogP contribution < -0.4 is 15.4 Å². The normalized spacial score (nSPS) is 21.2. The molecule has 1 aliphatic heterocycles. The van der Waals surface area contributed by atoms with Gasteiger partial charge in [0.2, 0.25) is 0 Å². The third-order valence-electron chi connectivity index (χ3n) is 4.22. The molecule has 0 saturated carbocycles. The Morgan fingerprint density at radius 1 is 1.30 bits per heavy atom. The number of carbonyl (C=O) groups excluding carboxylic acids is 1. The Kier molecular flexibility index (Phi) is 7.36. The van der Waals surface area contributed by atoms with Gasteiger partial charge in [0.25, 0.3) is 5.91 Å². The lowest BCUT2D eigenvalue weighted by molar-refractivity contribution is -0.124. The van der Waals surface area contributed by atoms with E-state index in [1.807, 2.05) is 12.1 Å². The minimum absolute atomic E-state index is 0. The Balaban J connectivity index is 0.00000264. The summed E-state index contributed by atoms with van der Waals surface area (Å²) < 4.78 is 5.58. The van der Waals surface area contributed by atoms with Gasteiger partial charge in [-0.05, 0) is 48.5 Å². The number of carbonyl (C=O) groups is 1. The van der Waals surface area contributed by atoms with Gasteiger partial charge in [-0.25, -0.2) is 0 Å². The van der Waals surface area contributed by atoms with Gasteiger partial charge >= 0.3 is 0 Å². The van der Waals surface area contributed by atoms with Crippen molar-refractivity contribution in [3.63, 3.8) is 0 Å². The van der Waals surface area contributed by atoms with E-state index < -0.39 is 0 Å². The monoisotopic (exact) mass is 340 g/mol. The van der Waals surface area contributed by atoms with E-state index in [9.17, 15) is 4.79 Å². The van der Waals surface area contributed by atoms with E-state index in [2.05, 4.69) is 50.5 Å². The fourth-order valence-electron chi connectivity index (χ4n) is 2.68. The minimum atomic E-state index is -0.0429. The van der Waals surface area contributed by atoms with Gasteiger partial charge in [0, 0.05) is 6.04 Å². The fraction of sp³-hybridized carbons (Fsp3) is 0.611. The average Bonchev–Trinajstić information content (AvgIpc) is 2.47. The second-order valence-corrected chi connectivity index (χ2v) is 7.21. The lowest BCUT2D eigenvalue weighted by Gasteiger charge is -2.30. The summed E-state index contributed by atoms with van der Waals surface area (Å²) in [4.78, 5) is 12.0. The first-order valence-corrected chi connectivity index (χ1v) is 8.09. The molecule has 1 amide bonds. The molecule has 1 heterocycles. The molecule has 2 atom stereocenters. The molecule has 0 bridgehead atoms. The van der Waals surface area contributed by atoms with Gasteiger partial charge in [-0.15, -0.1) is 12.4 Å². The van der Waals surface area contributed by atoms with Crippen molar-refractivity contribution in [2.45, 2.75) is 45.6 Å². The van der Waals surface area contributed by atoms with E-state index >= 15 is 0 Å². The van der Waals surface area contributed by atoms with E-state index in [-0.39, 0.29) is 36.4 Å². The molecule has 1 aromatic rings. The van der Waals surface area contributed by atoms with Crippen molar-refractivity contribution in [1.82, 2.24) is 10.6 Å². The SMILES string of the molecule is CC1CNCCC1NC(=O)COc1ccc(C(C)(C)C)cc1.Cl. The van der Waals surface area contributed by atoms with Crippen LogP contribution in [0.25, 0.3) is 0 Å². The highest BCUT2D eigenvalue weighted by molar-refractivity contribution is 5.85. The summed E-state index contributed by atoms with van der Waals surface area (Å²) in [6.07, 6.45) is 0.979. The number of nitrogens with one attached hydrogen (secondary N) is 2. The molecule has 130 valence electrons. The van der Waals surface area contributed by atoms with E-state index in [0.717, 1.165) is 25.3 Å². The third-order valence-corrected chi connectivity index (χ3v) is 4.22. The van der Waals surface area contributed by atoms with Crippen molar-refractivity contribution >= 4 is 18.3 Å². The molecule has 2 rings (SSSR count). The smallest absolute Gasteiger partial charge is 0.258 e. The molecule has 1 saturated heterocycles. The summed E-state index contributed by atoms with van der Waals surface area (Å²) in [5.74, 6) is 1.16. The molecule has 1 aromatic carbocycles. The maximum atomic E-state index is 12.0. The van der Waals surface area contributed by atoms with Gasteiger partial charge in [0.1, 0.15) is 5.75 Å². The van der Waals surface area contributed by atoms with Gasteiger partial charge in [-0.3, -0.25) is 4.79 Å². The van der Waals surface area contributed by atoms with Crippen molar-refractivity contribution in [2.24, 2.45) is 5.92 Å². The molecule has 4 nitrogen and oxygen atoms in total. The molecule has 0 aliphatic carbocycles. The highest BCUT2D eigenvalue weighted by atomic mass is 35.5. The minimum Gasteiger partial charge on any atom is -0.484 e. The molecule has 0 spiro atoms. The summed E-state index contributed by atoms with van der Waals surface area (Å²) in [6, 6.07) is 8.23. The Morgan fingerprint density at radius 3 is 2.52 bits per heavy atom. The van der Waals surface area contributed by atoms with Crippen LogP contribution in [0.4, 0.5) is 0 Å². The first-order valence-electron chi connectivity index (χ1n) is 8.09. The van der Waals surface area contributed by atoms with Gasteiger partial charge < -0.3 is 15.4 Å². The first-order chi connectivity index (χ1) is 10.4. The number of hydrogen-bond donors (Lipinski definition) is 2. The zero-order valence-corrected chi connectivity index (χ0v) is 15.3. The van der Waals surface area contributed by atoms with Crippen molar-refractivity contribution in [1.29, 1.82) is 0 Å². The number of ether oxygens (including phenoxy) is 1. The Bertz CT molecular complexity index is 497. The van der Waals surface area contributed by atoms with Crippen LogP contribution in [0.5, 0.6) is 5.75 Å². The maximum Gasteiger partial charge on any atom is 0.258 e. The molecule has 1 aliphatic rings. The Morgan fingerprint density at radius 2 is 1.96 bits per heavy atom. The van der Waals surface area contributed by atoms with E-state index in [4.69, 9.17) is 4.74 Å². The number of hydrogen-bond acceptors (Lipinski definition) is 3. The fourth-order valence-corrected chi connectivity index (χ4v) is 2.68. The second-order valence-electron chi connectivity index (χ2n) is 7.21. The van der Waals surface area contributed by atoms with Crippen molar-refractivity contribution in [2.75, 3.05) is 19.7 Å². The Hall–Kier alpha value is -1.26. The highest BCUT2D eigenvalue weighted by Gasteiger charge is 2.22. The van der Waals surface area contributed by atoms with Crippen LogP contribution in [0.1, 0.15) is 39.7 Å². The zero-order valence-electron chi connectivity index (χ0n) is 14.5. The molecular formula is C18H29ClN2O2. The second kappa shape index (κ2) is 8.55. The average molecular weight is 341 g/mol. The lowest BCUT2D eigenvalue weighted by atomic mass is 9.87. The van der Waals surface area contributed by atoms with Crippen LogP contribution in [-0.2, 0) is 10.2 Å². The van der Waals surface area contributed by atoms with Gasteiger partial charge in [0.15, 0.2) is 6.61 Å². The lowest BCUT2D eigenvalue weighted by Crippen LogP contribution is -2.49. The highest BCUT2D eigenvalue weighted by Crippen LogP contribution is 2.24. The number of halogens is 1. The zero-order chi connectivity index (χ0) is 16.2. The number of rotatable bonds is 4. The standard InChI is InChI=1S/C18H28N2O2.ClH/c1-13-11-19-10-9-16(13)20-17(21)12-22-15-7-5-14(6-8-15)18(2,3)4;/h5-8,13,16,19H,9-12H2,1-4H3,(H,20,21);1H. The summed E-state index contributed by atoms with van der Waals surface area (Å²) in [6.45, 7) is 10.7. The molecule has 23 heavy (non-hydrogen) atoms. The number of benzene rings is 1. The molecule has 2 N–H and O–H groups in total. The van der Waals surface area contributed by atoms with Crippen molar-refractivity contribution in [3.8, 4) is 5.75 Å². The van der Waals surface area contributed by atoms with Crippen molar-refractivity contribution < 1.29 is 9.53 Å². The first kappa shape index (κ1) is 19.8. The molecular weight excluding hydrogens is 312 g/mol. The van der Waals surface area contributed by atoms with E-state index in [1.165, 1.54) is 5.56 Å². The van der Waals surface area contributed by atoms with Crippen LogP contribution in [0, 0.1) is 5.92 Å². The van der Waals surface area contributed by atoms with Gasteiger partial charge in [0.05, 0.1) is 0 Å².